The maximum absolute atomic E-state index is 12.8. The third-order valence-electron chi connectivity index (χ3n) is 11.1. The summed E-state index contributed by atoms with van der Waals surface area (Å²) >= 11 is 0. The first-order valence-corrected chi connectivity index (χ1v) is 26.6. The van der Waals surface area contributed by atoms with Crippen molar-refractivity contribution in [3.8, 4) is 0 Å². The monoisotopic (exact) mass is 891 g/mol. The van der Waals surface area contributed by atoms with E-state index in [1.165, 1.54) is 109 Å². The van der Waals surface area contributed by atoms with E-state index < -0.39 is 6.10 Å². The van der Waals surface area contributed by atoms with Crippen molar-refractivity contribution in [2.75, 3.05) is 13.2 Å². The van der Waals surface area contributed by atoms with Crippen molar-refractivity contribution in [3.63, 3.8) is 0 Å². The SMILES string of the molecule is CCCCC/C=C\C/C=C\C/C=C\C/C=C\CCCC(=O)O[C@@H](COC(=O)CCCCCCCC/C=C\C/C=C\C/C=C\CCCCC)COC(=O)CCCCCCCCCCCC. The molecule has 0 heterocycles. The van der Waals surface area contributed by atoms with E-state index in [1.807, 2.05) is 0 Å². The van der Waals surface area contributed by atoms with E-state index in [9.17, 15) is 14.4 Å². The molecule has 0 aromatic carbocycles. The molecule has 0 unspecified atom stereocenters. The second-order valence-corrected chi connectivity index (χ2v) is 17.4. The van der Waals surface area contributed by atoms with E-state index in [0.29, 0.717) is 19.3 Å². The Balaban J connectivity index is 4.45. The zero-order chi connectivity index (χ0) is 46.5. The Hall–Kier alpha value is -3.41. The van der Waals surface area contributed by atoms with Gasteiger partial charge in [-0.2, -0.15) is 0 Å². The van der Waals surface area contributed by atoms with Gasteiger partial charge in [-0.15, -0.1) is 0 Å². The van der Waals surface area contributed by atoms with E-state index in [0.717, 1.165) is 89.9 Å². The summed E-state index contributed by atoms with van der Waals surface area (Å²) in [4.78, 5) is 37.9. The van der Waals surface area contributed by atoms with Crippen LogP contribution in [0.15, 0.2) is 85.1 Å². The smallest absolute Gasteiger partial charge is 0.306 e. The molecule has 0 N–H and O–H groups in total. The minimum atomic E-state index is -0.808. The summed E-state index contributed by atoms with van der Waals surface area (Å²) in [6.07, 6.45) is 67.1. The summed E-state index contributed by atoms with van der Waals surface area (Å²) in [6, 6.07) is 0. The molecule has 0 aromatic rings. The number of hydrogen-bond acceptors (Lipinski definition) is 6. The van der Waals surface area contributed by atoms with Gasteiger partial charge in [0.15, 0.2) is 6.10 Å². The highest BCUT2D eigenvalue weighted by Crippen LogP contribution is 2.14. The highest BCUT2D eigenvalue weighted by molar-refractivity contribution is 5.71. The molecule has 1 atom stereocenters. The van der Waals surface area contributed by atoms with E-state index in [4.69, 9.17) is 14.2 Å². The zero-order valence-corrected chi connectivity index (χ0v) is 41.8. The van der Waals surface area contributed by atoms with Crippen LogP contribution in [0.25, 0.3) is 0 Å². The maximum atomic E-state index is 12.8. The van der Waals surface area contributed by atoms with Crippen LogP contribution in [0.1, 0.15) is 245 Å². The second kappa shape index (κ2) is 52.2. The number of carbonyl (C=O) groups is 3. The average molecular weight is 891 g/mol. The Morgan fingerprint density at radius 1 is 0.312 bits per heavy atom. The summed E-state index contributed by atoms with van der Waals surface area (Å²) in [5.74, 6) is -0.973. The predicted molar refractivity (Wildman–Crippen MR) is 274 cm³/mol. The lowest BCUT2D eigenvalue weighted by Gasteiger charge is -2.18. The van der Waals surface area contributed by atoms with Crippen LogP contribution in [0.4, 0.5) is 0 Å². The van der Waals surface area contributed by atoms with Crippen molar-refractivity contribution in [3.05, 3.63) is 85.1 Å². The molecule has 0 rings (SSSR count). The van der Waals surface area contributed by atoms with E-state index in [1.54, 1.807) is 0 Å². The van der Waals surface area contributed by atoms with E-state index in [-0.39, 0.29) is 37.5 Å². The first-order valence-electron chi connectivity index (χ1n) is 26.6. The fourth-order valence-corrected chi connectivity index (χ4v) is 7.09. The lowest BCUT2D eigenvalue weighted by atomic mass is 10.1. The van der Waals surface area contributed by atoms with Gasteiger partial charge in [0.2, 0.25) is 0 Å². The third-order valence-corrected chi connectivity index (χ3v) is 11.1. The molecule has 6 nitrogen and oxygen atoms in total. The van der Waals surface area contributed by atoms with Crippen molar-refractivity contribution in [2.24, 2.45) is 0 Å². The zero-order valence-electron chi connectivity index (χ0n) is 41.8. The third kappa shape index (κ3) is 49.6. The quantitative estimate of drug-likeness (QED) is 0.0262. The van der Waals surface area contributed by atoms with Crippen LogP contribution in [-0.2, 0) is 28.6 Å². The van der Waals surface area contributed by atoms with Gasteiger partial charge in [0.1, 0.15) is 13.2 Å². The summed E-state index contributed by atoms with van der Waals surface area (Å²) < 4.78 is 16.7. The first kappa shape index (κ1) is 60.6. The molecule has 0 bridgehead atoms. The fourth-order valence-electron chi connectivity index (χ4n) is 7.09. The normalized spacial score (nSPS) is 12.7. The summed E-state index contributed by atoms with van der Waals surface area (Å²) in [5.41, 5.74) is 0. The number of unbranched alkanes of at least 4 members (excludes halogenated alkanes) is 22. The lowest BCUT2D eigenvalue weighted by Crippen LogP contribution is -2.30. The highest BCUT2D eigenvalue weighted by atomic mass is 16.6. The molecule has 366 valence electrons. The molecule has 0 aromatic heterocycles. The van der Waals surface area contributed by atoms with Crippen LogP contribution in [0.2, 0.25) is 0 Å². The average Bonchev–Trinajstić information content (AvgIpc) is 3.29. The van der Waals surface area contributed by atoms with Gasteiger partial charge in [-0.3, -0.25) is 14.4 Å². The van der Waals surface area contributed by atoms with Gasteiger partial charge in [0, 0.05) is 19.3 Å². The predicted octanol–water partition coefficient (Wildman–Crippen LogP) is 17.6. The topological polar surface area (TPSA) is 78.9 Å². The highest BCUT2D eigenvalue weighted by Gasteiger charge is 2.19. The van der Waals surface area contributed by atoms with Crippen LogP contribution in [0.5, 0.6) is 0 Å². The van der Waals surface area contributed by atoms with Crippen molar-refractivity contribution < 1.29 is 28.6 Å². The number of hydrogen-bond donors (Lipinski definition) is 0. The number of carbonyl (C=O) groups excluding carboxylic acids is 3. The van der Waals surface area contributed by atoms with Gasteiger partial charge in [0.05, 0.1) is 0 Å². The molecule has 0 saturated carbocycles. The van der Waals surface area contributed by atoms with E-state index >= 15 is 0 Å². The molecule has 0 fully saturated rings. The Morgan fingerprint density at radius 2 is 0.578 bits per heavy atom. The van der Waals surface area contributed by atoms with Crippen LogP contribution < -0.4 is 0 Å². The molecule has 6 heteroatoms. The Labute approximate surface area is 395 Å². The Morgan fingerprint density at radius 3 is 0.953 bits per heavy atom. The van der Waals surface area contributed by atoms with Gasteiger partial charge >= 0.3 is 17.9 Å². The molecule has 0 aliphatic rings. The Kier molecular flexibility index (Phi) is 49.4. The molecular weight excluding hydrogens is 793 g/mol. The molecule has 0 spiro atoms. The van der Waals surface area contributed by atoms with Gasteiger partial charge in [-0.25, -0.2) is 0 Å². The minimum absolute atomic E-state index is 0.102. The molecular formula is C58H98O6. The number of allylic oxidation sites excluding steroid dienone is 14. The van der Waals surface area contributed by atoms with Crippen molar-refractivity contribution in [1.82, 2.24) is 0 Å². The fraction of sp³-hybridized carbons (Fsp3) is 0.707. The summed E-state index contributed by atoms with van der Waals surface area (Å²) in [7, 11) is 0. The van der Waals surface area contributed by atoms with E-state index in [2.05, 4.69) is 106 Å². The second-order valence-electron chi connectivity index (χ2n) is 17.4. The minimum Gasteiger partial charge on any atom is -0.462 e. The standard InChI is InChI=1S/C58H98O6/c1-4-7-10-13-16-19-22-24-26-28-29-31-32-34-36-39-42-45-48-51-57(60)63-54-55(53-62-56(59)50-47-44-41-38-21-18-15-12-9-6-3)64-58(61)52-49-46-43-40-37-35-33-30-27-25-23-20-17-14-11-8-5-2/h16-17,19-20,24-27,29,31,33,35,40,43,55H,4-15,18,21-23,28,30,32,34,36-39,41-42,44-54H2,1-3H3/b19-16-,20-17-,26-24-,27-25-,31-29-,35-33-,43-40-/t55-/m1/s1. The summed E-state index contributed by atoms with van der Waals surface area (Å²) in [6.45, 7) is 6.51. The number of ether oxygens (including phenoxy) is 3. The van der Waals surface area contributed by atoms with Gasteiger partial charge in [0.25, 0.3) is 0 Å². The largest absolute Gasteiger partial charge is 0.462 e. The first-order chi connectivity index (χ1) is 31.5. The molecule has 0 amide bonds. The van der Waals surface area contributed by atoms with Crippen molar-refractivity contribution >= 4 is 17.9 Å². The molecule has 0 radical (unpaired) electrons. The van der Waals surface area contributed by atoms with Crippen LogP contribution in [0.3, 0.4) is 0 Å². The Bertz CT molecular complexity index is 1250. The lowest BCUT2D eigenvalue weighted by molar-refractivity contribution is -0.167. The van der Waals surface area contributed by atoms with Gasteiger partial charge in [-0.05, 0) is 96.3 Å². The molecule has 64 heavy (non-hydrogen) atoms. The number of esters is 3. The van der Waals surface area contributed by atoms with Crippen LogP contribution in [0, 0.1) is 0 Å². The van der Waals surface area contributed by atoms with Gasteiger partial charge in [-0.1, -0.05) is 215 Å². The van der Waals surface area contributed by atoms with Crippen molar-refractivity contribution in [2.45, 2.75) is 252 Å². The molecule has 0 aliphatic carbocycles. The van der Waals surface area contributed by atoms with Crippen molar-refractivity contribution in [1.29, 1.82) is 0 Å². The summed E-state index contributed by atoms with van der Waals surface area (Å²) in [5, 5.41) is 0. The van der Waals surface area contributed by atoms with Crippen LogP contribution in [-0.4, -0.2) is 37.2 Å². The maximum Gasteiger partial charge on any atom is 0.306 e. The molecule has 0 saturated heterocycles. The van der Waals surface area contributed by atoms with Crippen LogP contribution >= 0.6 is 0 Å². The number of rotatable bonds is 47. The van der Waals surface area contributed by atoms with Gasteiger partial charge < -0.3 is 14.2 Å². The molecule has 0 aliphatic heterocycles.